The average Bonchev–Trinajstić information content (AvgIpc) is 2.38. The maximum atomic E-state index is 12.0. The molecule has 2 nitrogen and oxygen atoms in total. The lowest BCUT2D eigenvalue weighted by molar-refractivity contribution is 0.241. The minimum atomic E-state index is -0.827. The van der Waals surface area contributed by atoms with Crippen LogP contribution in [0.3, 0.4) is 0 Å². The molecule has 16 heavy (non-hydrogen) atoms. The smallest absolute Gasteiger partial charge is 0.0542 e. The monoisotopic (exact) mass is 237 g/mol. The van der Waals surface area contributed by atoms with E-state index in [1.165, 1.54) is 32.4 Å². The van der Waals surface area contributed by atoms with E-state index >= 15 is 0 Å². The molecule has 0 spiro atoms. The highest BCUT2D eigenvalue weighted by Gasteiger charge is 2.11. The van der Waals surface area contributed by atoms with E-state index in [0.29, 0.717) is 0 Å². The molecule has 0 bridgehead atoms. The molecule has 1 fully saturated rings. The number of rotatable bonds is 4. The van der Waals surface area contributed by atoms with Crippen LogP contribution in [0, 0.1) is 0 Å². The fourth-order valence-electron chi connectivity index (χ4n) is 2.09. The molecule has 0 aliphatic carbocycles. The van der Waals surface area contributed by atoms with E-state index in [4.69, 9.17) is 0 Å². The van der Waals surface area contributed by atoms with Gasteiger partial charge in [-0.25, -0.2) is 0 Å². The second-order valence-electron chi connectivity index (χ2n) is 4.26. The summed E-state index contributed by atoms with van der Waals surface area (Å²) in [5.41, 5.74) is 0. The summed E-state index contributed by atoms with van der Waals surface area (Å²) in [7, 11) is -0.827. The third-order valence-corrected chi connectivity index (χ3v) is 4.40. The summed E-state index contributed by atoms with van der Waals surface area (Å²) in [6.45, 7) is 3.35. The van der Waals surface area contributed by atoms with Crippen LogP contribution in [0.2, 0.25) is 0 Å². The molecule has 2 rings (SSSR count). The molecular formula is C13H19NOS. The Morgan fingerprint density at radius 3 is 2.44 bits per heavy atom. The first-order chi connectivity index (χ1) is 7.86. The van der Waals surface area contributed by atoms with E-state index in [0.717, 1.165) is 17.2 Å². The molecule has 0 aromatic heterocycles. The van der Waals surface area contributed by atoms with Crippen molar-refractivity contribution in [2.75, 3.05) is 25.4 Å². The molecule has 1 heterocycles. The maximum absolute atomic E-state index is 12.0. The Morgan fingerprint density at radius 1 is 1.06 bits per heavy atom. The van der Waals surface area contributed by atoms with Gasteiger partial charge in [0.1, 0.15) is 0 Å². The average molecular weight is 237 g/mol. The van der Waals surface area contributed by atoms with E-state index in [2.05, 4.69) is 4.90 Å². The van der Waals surface area contributed by atoms with Crippen LogP contribution in [-0.4, -0.2) is 34.5 Å². The van der Waals surface area contributed by atoms with E-state index < -0.39 is 10.8 Å². The molecular weight excluding hydrogens is 218 g/mol. The molecule has 1 aromatic rings. The van der Waals surface area contributed by atoms with Gasteiger partial charge in [0.2, 0.25) is 0 Å². The zero-order chi connectivity index (χ0) is 11.2. The van der Waals surface area contributed by atoms with Crippen LogP contribution in [-0.2, 0) is 10.8 Å². The van der Waals surface area contributed by atoms with Gasteiger partial charge in [0, 0.05) is 17.2 Å². The summed E-state index contributed by atoms with van der Waals surface area (Å²) in [5, 5.41) is 0. The van der Waals surface area contributed by atoms with Gasteiger partial charge < -0.3 is 4.90 Å². The van der Waals surface area contributed by atoms with Crippen LogP contribution in [0.4, 0.5) is 0 Å². The topological polar surface area (TPSA) is 20.3 Å². The van der Waals surface area contributed by atoms with Crippen molar-refractivity contribution in [3.63, 3.8) is 0 Å². The van der Waals surface area contributed by atoms with E-state index in [9.17, 15) is 4.21 Å². The summed E-state index contributed by atoms with van der Waals surface area (Å²) in [6.07, 6.45) is 3.97. The molecule has 88 valence electrons. The van der Waals surface area contributed by atoms with Crippen molar-refractivity contribution in [1.29, 1.82) is 0 Å². The van der Waals surface area contributed by atoms with Gasteiger partial charge in [-0.1, -0.05) is 24.6 Å². The standard InChI is InChI=1S/C13H19NOS/c15-16(13-7-3-1-4-8-13)12-11-14-9-5-2-6-10-14/h1,3-4,7-8H,2,5-6,9-12H2. The van der Waals surface area contributed by atoms with Gasteiger partial charge in [-0.2, -0.15) is 0 Å². The lowest BCUT2D eigenvalue weighted by Gasteiger charge is -2.25. The predicted molar refractivity (Wildman–Crippen MR) is 68.0 cm³/mol. The molecule has 1 atom stereocenters. The van der Waals surface area contributed by atoms with Crippen LogP contribution in [0.15, 0.2) is 35.2 Å². The van der Waals surface area contributed by atoms with Gasteiger partial charge >= 0.3 is 0 Å². The highest BCUT2D eigenvalue weighted by atomic mass is 32.2. The molecule has 1 saturated heterocycles. The Bertz CT molecular complexity index is 333. The number of hydrogen-bond donors (Lipinski definition) is 0. The largest absolute Gasteiger partial charge is 0.302 e. The second-order valence-corrected chi connectivity index (χ2v) is 5.84. The molecule has 0 amide bonds. The van der Waals surface area contributed by atoms with Crippen LogP contribution < -0.4 is 0 Å². The fourth-order valence-corrected chi connectivity index (χ4v) is 3.21. The van der Waals surface area contributed by atoms with Gasteiger partial charge in [-0.15, -0.1) is 0 Å². The first kappa shape index (κ1) is 11.8. The maximum Gasteiger partial charge on any atom is 0.0542 e. The van der Waals surface area contributed by atoms with Crippen molar-refractivity contribution in [2.45, 2.75) is 24.2 Å². The number of piperidine rings is 1. The van der Waals surface area contributed by atoms with E-state index in [-0.39, 0.29) is 0 Å². The Morgan fingerprint density at radius 2 is 1.75 bits per heavy atom. The third kappa shape index (κ3) is 3.42. The first-order valence-electron chi connectivity index (χ1n) is 6.02. The Balaban J connectivity index is 1.79. The zero-order valence-corrected chi connectivity index (χ0v) is 10.4. The third-order valence-electron chi connectivity index (χ3n) is 3.05. The Hall–Kier alpha value is -0.670. The molecule has 1 aliphatic heterocycles. The van der Waals surface area contributed by atoms with Crippen LogP contribution >= 0.6 is 0 Å². The molecule has 1 aliphatic rings. The van der Waals surface area contributed by atoms with Crippen molar-refractivity contribution in [2.24, 2.45) is 0 Å². The second kappa shape index (κ2) is 6.16. The predicted octanol–water partition coefficient (Wildman–Crippen LogP) is 2.28. The van der Waals surface area contributed by atoms with Crippen molar-refractivity contribution in [1.82, 2.24) is 4.90 Å². The molecule has 0 saturated carbocycles. The Kier molecular flexibility index (Phi) is 4.55. The zero-order valence-electron chi connectivity index (χ0n) is 9.60. The first-order valence-corrected chi connectivity index (χ1v) is 7.34. The van der Waals surface area contributed by atoms with Crippen molar-refractivity contribution < 1.29 is 4.21 Å². The van der Waals surface area contributed by atoms with Crippen molar-refractivity contribution >= 4 is 10.8 Å². The SMILES string of the molecule is O=S(CCN1CCCCC1)c1ccccc1. The quantitative estimate of drug-likeness (QED) is 0.801. The summed E-state index contributed by atoms with van der Waals surface area (Å²) in [5.74, 6) is 0.768. The van der Waals surface area contributed by atoms with E-state index in [1.54, 1.807) is 0 Å². The minimum Gasteiger partial charge on any atom is -0.302 e. The molecule has 3 heteroatoms. The van der Waals surface area contributed by atoms with Gasteiger partial charge in [-0.3, -0.25) is 4.21 Å². The number of hydrogen-bond acceptors (Lipinski definition) is 2. The summed E-state index contributed by atoms with van der Waals surface area (Å²) in [4.78, 5) is 3.39. The van der Waals surface area contributed by atoms with E-state index in [1.807, 2.05) is 30.3 Å². The van der Waals surface area contributed by atoms with Crippen LogP contribution in [0.25, 0.3) is 0 Å². The minimum absolute atomic E-state index is 0.768. The molecule has 1 aromatic carbocycles. The fraction of sp³-hybridized carbons (Fsp3) is 0.538. The van der Waals surface area contributed by atoms with Gasteiger partial charge in [0.05, 0.1) is 10.8 Å². The normalized spacial score (nSPS) is 19.5. The van der Waals surface area contributed by atoms with Gasteiger partial charge in [-0.05, 0) is 38.1 Å². The molecule has 0 radical (unpaired) electrons. The van der Waals surface area contributed by atoms with Gasteiger partial charge in [0.15, 0.2) is 0 Å². The highest BCUT2D eigenvalue weighted by Crippen LogP contribution is 2.10. The Labute approximate surface area is 100 Å². The summed E-state index contributed by atoms with van der Waals surface area (Å²) in [6, 6.07) is 9.77. The van der Waals surface area contributed by atoms with Gasteiger partial charge in [0.25, 0.3) is 0 Å². The number of nitrogens with zero attached hydrogens (tertiary/aromatic N) is 1. The lowest BCUT2D eigenvalue weighted by atomic mass is 10.1. The van der Waals surface area contributed by atoms with Crippen molar-refractivity contribution in [3.05, 3.63) is 30.3 Å². The number of likely N-dealkylation sites (tertiary alicyclic amines) is 1. The molecule has 1 unspecified atom stereocenters. The van der Waals surface area contributed by atoms with Crippen LogP contribution in [0.1, 0.15) is 19.3 Å². The van der Waals surface area contributed by atoms with Crippen molar-refractivity contribution in [3.8, 4) is 0 Å². The summed E-state index contributed by atoms with van der Waals surface area (Å²) < 4.78 is 12.0. The van der Waals surface area contributed by atoms with Crippen LogP contribution in [0.5, 0.6) is 0 Å². The summed E-state index contributed by atoms with van der Waals surface area (Å²) >= 11 is 0. The molecule has 0 N–H and O–H groups in total. The number of benzene rings is 1. The lowest BCUT2D eigenvalue weighted by Crippen LogP contribution is -2.33. The highest BCUT2D eigenvalue weighted by molar-refractivity contribution is 7.85.